The Labute approximate surface area is 141 Å². The van der Waals surface area contributed by atoms with Crippen LogP contribution in [0, 0.1) is 18.7 Å². The van der Waals surface area contributed by atoms with E-state index in [2.05, 4.69) is 16.0 Å². The van der Waals surface area contributed by atoms with Crippen molar-refractivity contribution < 1.29 is 18.8 Å². The van der Waals surface area contributed by atoms with Gasteiger partial charge in [-0.15, -0.1) is 0 Å². The summed E-state index contributed by atoms with van der Waals surface area (Å²) in [5, 5.41) is 7.84. The lowest BCUT2D eigenvalue weighted by Crippen LogP contribution is -2.50. The van der Waals surface area contributed by atoms with Gasteiger partial charge in [0.25, 0.3) is 5.91 Å². The minimum atomic E-state index is -0.621. The zero-order valence-electron chi connectivity index (χ0n) is 14.4. The van der Waals surface area contributed by atoms with Crippen LogP contribution in [0.4, 0.5) is 4.39 Å². The third kappa shape index (κ3) is 5.98. The third-order valence-corrected chi connectivity index (χ3v) is 3.45. The fourth-order valence-corrected chi connectivity index (χ4v) is 2.06. The Balaban J connectivity index is 2.44. The lowest BCUT2D eigenvalue weighted by Gasteiger charge is -2.20. The predicted molar refractivity (Wildman–Crippen MR) is 88.9 cm³/mol. The Morgan fingerprint density at radius 1 is 1.12 bits per heavy atom. The molecule has 0 aromatic heterocycles. The van der Waals surface area contributed by atoms with Gasteiger partial charge in [0.05, 0.1) is 0 Å². The molecule has 0 saturated carbocycles. The summed E-state index contributed by atoms with van der Waals surface area (Å²) >= 11 is 0. The second kappa shape index (κ2) is 9.00. The summed E-state index contributed by atoms with van der Waals surface area (Å²) in [6.07, 6.45) is 0. The molecule has 0 spiro atoms. The van der Waals surface area contributed by atoms with E-state index in [4.69, 9.17) is 0 Å². The Kier molecular flexibility index (Phi) is 7.35. The summed E-state index contributed by atoms with van der Waals surface area (Å²) in [4.78, 5) is 35.0. The highest BCUT2D eigenvalue weighted by Gasteiger charge is 2.22. The molecule has 0 heterocycles. The number of carbonyl (C=O) groups excluding carboxylic acids is 3. The van der Waals surface area contributed by atoms with Gasteiger partial charge in [-0.1, -0.05) is 19.9 Å². The molecule has 6 nitrogen and oxygen atoms in total. The van der Waals surface area contributed by atoms with E-state index in [1.54, 1.807) is 6.92 Å². The maximum absolute atomic E-state index is 13.4. The standard InChI is InChI=1S/C17H24FN3O3/c1-10(2)15(21-12(4)22)17(24)20-8-7-19-16(23)13-6-5-11(3)14(18)9-13/h5-6,9-10,15H,7-8H2,1-4H3,(H,19,23)(H,20,24)(H,21,22). The fourth-order valence-electron chi connectivity index (χ4n) is 2.06. The first kappa shape index (κ1) is 19.6. The topological polar surface area (TPSA) is 87.3 Å². The van der Waals surface area contributed by atoms with E-state index in [0.29, 0.717) is 5.56 Å². The Morgan fingerprint density at radius 3 is 2.29 bits per heavy atom. The van der Waals surface area contributed by atoms with Gasteiger partial charge in [-0.05, 0) is 30.5 Å². The quantitative estimate of drug-likeness (QED) is 0.652. The molecule has 24 heavy (non-hydrogen) atoms. The summed E-state index contributed by atoms with van der Waals surface area (Å²) in [7, 11) is 0. The Morgan fingerprint density at radius 2 is 1.75 bits per heavy atom. The van der Waals surface area contributed by atoms with Crippen LogP contribution in [-0.2, 0) is 9.59 Å². The number of benzene rings is 1. The zero-order chi connectivity index (χ0) is 18.3. The van der Waals surface area contributed by atoms with Crippen LogP contribution in [0.3, 0.4) is 0 Å². The van der Waals surface area contributed by atoms with E-state index in [1.807, 2.05) is 13.8 Å². The summed E-state index contributed by atoms with van der Waals surface area (Å²) in [6.45, 7) is 7.03. The van der Waals surface area contributed by atoms with E-state index >= 15 is 0 Å². The number of rotatable bonds is 7. The van der Waals surface area contributed by atoms with Gasteiger partial charge in [0.2, 0.25) is 11.8 Å². The van der Waals surface area contributed by atoms with E-state index in [-0.39, 0.29) is 36.4 Å². The van der Waals surface area contributed by atoms with Crippen molar-refractivity contribution in [2.75, 3.05) is 13.1 Å². The molecule has 3 amide bonds. The number of aryl methyl sites for hydroxylation is 1. The second-order valence-corrected chi connectivity index (χ2v) is 5.93. The molecule has 0 aliphatic rings. The van der Waals surface area contributed by atoms with E-state index in [1.165, 1.54) is 25.1 Å². The van der Waals surface area contributed by atoms with Gasteiger partial charge >= 0.3 is 0 Å². The SMILES string of the molecule is CC(=O)NC(C(=O)NCCNC(=O)c1ccc(C)c(F)c1)C(C)C. The van der Waals surface area contributed by atoms with Gasteiger partial charge in [-0.2, -0.15) is 0 Å². The van der Waals surface area contributed by atoms with Gasteiger partial charge in [0, 0.05) is 25.6 Å². The summed E-state index contributed by atoms with van der Waals surface area (Å²) in [5.74, 6) is -1.50. The summed E-state index contributed by atoms with van der Waals surface area (Å²) < 4.78 is 13.4. The molecular formula is C17H24FN3O3. The first-order valence-corrected chi connectivity index (χ1v) is 7.81. The van der Waals surface area contributed by atoms with Crippen molar-refractivity contribution in [2.24, 2.45) is 5.92 Å². The molecule has 1 aromatic rings. The molecule has 0 radical (unpaired) electrons. The second-order valence-electron chi connectivity index (χ2n) is 5.93. The van der Waals surface area contributed by atoms with Crippen LogP contribution in [0.25, 0.3) is 0 Å². The minimum absolute atomic E-state index is 0.0565. The van der Waals surface area contributed by atoms with Crippen molar-refractivity contribution in [3.05, 3.63) is 35.1 Å². The number of carbonyl (C=O) groups is 3. The maximum Gasteiger partial charge on any atom is 0.251 e. The van der Waals surface area contributed by atoms with Crippen LogP contribution in [0.2, 0.25) is 0 Å². The van der Waals surface area contributed by atoms with Crippen molar-refractivity contribution in [1.82, 2.24) is 16.0 Å². The minimum Gasteiger partial charge on any atom is -0.353 e. The van der Waals surface area contributed by atoms with Crippen LogP contribution in [0.5, 0.6) is 0 Å². The van der Waals surface area contributed by atoms with Crippen molar-refractivity contribution in [3.8, 4) is 0 Å². The van der Waals surface area contributed by atoms with Gasteiger partial charge < -0.3 is 16.0 Å². The van der Waals surface area contributed by atoms with Crippen molar-refractivity contribution in [1.29, 1.82) is 0 Å². The number of hydrogen-bond donors (Lipinski definition) is 3. The smallest absolute Gasteiger partial charge is 0.251 e. The normalized spacial score (nSPS) is 11.8. The van der Waals surface area contributed by atoms with E-state index < -0.39 is 17.8 Å². The molecule has 0 saturated heterocycles. The van der Waals surface area contributed by atoms with Crippen LogP contribution in [0.15, 0.2) is 18.2 Å². The lowest BCUT2D eigenvalue weighted by atomic mass is 10.0. The molecule has 7 heteroatoms. The van der Waals surface area contributed by atoms with Gasteiger partial charge in [0.15, 0.2) is 0 Å². The highest BCUT2D eigenvalue weighted by atomic mass is 19.1. The highest BCUT2D eigenvalue weighted by Crippen LogP contribution is 2.08. The van der Waals surface area contributed by atoms with E-state index in [0.717, 1.165) is 0 Å². The third-order valence-electron chi connectivity index (χ3n) is 3.45. The van der Waals surface area contributed by atoms with Gasteiger partial charge in [-0.3, -0.25) is 14.4 Å². The monoisotopic (exact) mass is 337 g/mol. The number of nitrogens with one attached hydrogen (secondary N) is 3. The van der Waals surface area contributed by atoms with Crippen LogP contribution >= 0.6 is 0 Å². The van der Waals surface area contributed by atoms with Gasteiger partial charge in [0.1, 0.15) is 11.9 Å². The number of hydrogen-bond acceptors (Lipinski definition) is 3. The molecule has 0 aliphatic carbocycles. The fraction of sp³-hybridized carbons (Fsp3) is 0.471. The summed E-state index contributed by atoms with van der Waals surface area (Å²) in [5.41, 5.74) is 0.694. The molecule has 1 rings (SSSR count). The lowest BCUT2D eigenvalue weighted by molar-refractivity contribution is -0.129. The Hall–Kier alpha value is -2.44. The first-order chi connectivity index (χ1) is 11.2. The summed E-state index contributed by atoms with van der Waals surface area (Å²) in [6, 6.07) is 3.63. The molecule has 1 unspecified atom stereocenters. The average molecular weight is 337 g/mol. The molecule has 0 bridgehead atoms. The van der Waals surface area contributed by atoms with E-state index in [9.17, 15) is 18.8 Å². The van der Waals surface area contributed by atoms with Crippen LogP contribution < -0.4 is 16.0 Å². The van der Waals surface area contributed by atoms with Crippen molar-refractivity contribution in [3.63, 3.8) is 0 Å². The van der Waals surface area contributed by atoms with Crippen LogP contribution in [0.1, 0.15) is 36.7 Å². The molecule has 1 aromatic carbocycles. The van der Waals surface area contributed by atoms with Crippen LogP contribution in [-0.4, -0.2) is 36.9 Å². The highest BCUT2D eigenvalue weighted by molar-refractivity contribution is 5.94. The van der Waals surface area contributed by atoms with Gasteiger partial charge in [-0.25, -0.2) is 4.39 Å². The molecule has 132 valence electrons. The average Bonchev–Trinajstić information content (AvgIpc) is 2.50. The Bertz CT molecular complexity index is 617. The zero-order valence-corrected chi connectivity index (χ0v) is 14.4. The van der Waals surface area contributed by atoms with Crippen molar-refractivity contribution in [2.45, 2.75) is 33.7 Å². The van der Waals surface area contributed by atoms with Crippen molar-refractivity contribution >= 4 is 17.7 Å². The predicted octanol–water partition coefficient (Wildman–Crippen LogP) is 1.14. The first-order valence-electron chi connectivity index (χ1n) is 7.81. The molecular weight excluding hydrogens is 313 g/mol. The maximum atomic E-state index is 13.4. The molecule has 1 atom stereocenters. The molecule has 0 fully saturated rings. The number of amides is 3. The molecule has 0 aliphatic heterocycles. The number of halogens is 1. The largest absolute Gasteiger partial charge is 0.353 e. The molecule has 3 N–H and O–H groups in total.